The average molecular weight is 443 g/mol. The van der Waals surface area contributed by atoms with Crippen molar-refractivity contribution in [2.75, 3.05) is 6.61 Å². The first-order valence-corrected chi connectivity index (χ1v) is 9.02. The van der Waals surface area contributed by atoms with E-state index < -0.39 is 6.04 Å². The van der Waals surface area contributed by atoms with Crippen molar-refractivity contribution in [1.82, 2.24) is 5.32 Å². The molecule has 0 aliphatic heterocycles. The maximum absolute atomic E-state index is 11.9. The Balaban J connectivity index is 2.91. The molecule has 1 aromatic rings. The van der Waals surface area contributed by atoms with Crippen molar-refractivity contribution in [1.29, 1.82) is 0 Å². The van der Waals surface area contributed by atoms with Crippen molar-refractivity contribution in [3.8, 4) is 0 Å². The third-order valence-corrected chi connectivity index (χ3v) is 6.95. The summed E-state index contributed by atoms with van der Waals surface area (Å²) in [6.07, 6.45) is 0. The lowest BCUT2D eigenvalue weighted by atomic mass is 10.0. The van der Waals surface area contributed by atoms with E-state index in [1.54, 1.807) is 18.3 Å². The summed E-state index contributed by atoms with van der Waals surface area (Å²) in [5.41, 5.74) is 1.06. The molecular weight excluding hydrogens is 426 g/mol. The van der Waals surface area contributed by atoms with Crippen LogP contribution in [0.5, 0.6) is 0 Å². The zero-order chi connectivity index (χ0) is 15.4. The number of nitrogens with one attached hydrogen (secondary N) is 1. The van der Waals surface area contributed by atoms with Gasteiger partial charge in [-0.3, -0.25) is 0 Å². The maximum Gasteiger partial charge on any atom is 0.328 e. The third kappa shape index (κ3) is 4.26. The number of hydrogen-bond acceptors (Lipinski definition) is 4. The van der Waals surface area contributed by atoms with Gasteiger partial charge in [0.2, 0.25) is 0 Å². The van der Waals surface area contributed by atoms with Gasteiger partial charge in [-0.25, -0.2) is 4.79 Å². The van der Waals surface area contributed by atoms with Crippen molar-refractivity contribution in [3.05, 3.63) is 18.7 Å². The van der Waals surface area contributed by atoms with Crippen LogP contribution in [0.2, 0.25) is 0 Å². The van der Waals surface area contributed by atoms with E-state index in [0.29, 0.717) is 11.6 Å². The van der Waals surface area contributed by atoms with Gasteiger partial charge in [-0.2, -0.15) is 0 Å². The normalized spacial score (nSPS) is 12.3. The predicted molar refractivity (Wildman–Crippen MR) is 94.6 cm³/mol. The molecule has 1 N–H and O–H groups in total. The van der Waals surface area contributed by atoms with E-state index in [1.165, 1.54) is 0 Å². The van der Waals surface area contributed by atoms with Crippen molar-refractivity contribution in [2.24, 2.45) is 5.92 Å². The number of thiophene rings is 1. The number of ether oxygens (including phenoxy) is 1. The topological polar surface area (TPSA) is 38.3 Å². The molecule has 112 valence electrons. The van der Waals surface area contributed by atoms with Crippen LogP contribution in [0.15, 0.2) is 8.26 Å². The summed E-state index contributed by atoms with van der Waals surface area (Å²) in [7, 11) is 0. The molecule has 0 bridgehead atoms. The molecule has 0 spiro atoms. The van der Waals surface area contributed by atoms with Crippen molar-refractivity contribution in [2.45, 2.75) is 33.7 Å². The lowest BCUT2D eigenvalue weighted by Crippen LogP contribution is -2.44. The highest BCUT2D eigenvalue weighted by Gasteiger charge is 2.26. The van der Waals surface area contributed by atoms with E-state index in [-0.39, 0.29) is 11.9 Å². The zero-order valence-electron chi connectivity index (χ0n) is 11.8. The van der Waals surface area contributed by atoms with Crippen LogP contribution in [-0.4, -0.2) is 23.6 Å². The Labute approximate surface area is 145 Å². The minimum Gasteiger partial charge on any atom is -0.464 e. The van der Waals surface area contributed by atoms with Gasteiger partial charge < -0.3 is 10.1 Å². The highest BCUT2D eigenvalue weighted by Crippen LogP contribution is 2.37. The Kier molecular flexibility index (Phi) is 7.11. The van der Waals surface area contributed by atoms with Crippen LogP contribution in [0, 0.1) is 12.8 Å². The standard InChI is InChI=1S/C13H17Br2NO2S2/c1-5-18-13(17)9(6(2)3)16-12(19)10-7(4)8(14)11(15)20-10/h6,9H,5H2,1-4H3,(H,16,19)/t9-/m0/s1. The molecule has 1 atom stereocenters. The molecule has 1 rings (SSSR count). The smallest absolute Gasteiger partial charge is 0.328 e. The Morgan fingerprint density at radius 2 is 2.05 bits per heavy atom. The fourth-order valence-electron chi connectivity index (χ4n) is 1.61. The van der Waals surface area contributed by atoms with Crippen LogP contribution in [0.4, 0.5) is 0 Å². The van der Waals surface area contributed by atoms with Gasteiger partial charge in [-0.1, -0.05) is 26.1 Å². The van der Waals surface area contributed by atoms with Gasteiger partial charge in [0.05, 0.1) is 15.3 Å². The molecule has 0 radical (unpaired) electrons. The molecule has 20 heavy (non-hydrogen) atoms. The number of esters is 1. The van der Waals surface area contributed by atoms with Crippen LogP contribution in [0.3, 0.4) is 0 Å². The fourth-order valence-corrected chi connectivity index (χ4v) is 4.20. The SMILES string of the molecule is CCOC(=O)[C@@H](NC(=S)c1sc(Br)c(Br)c1C)C(C)C. The highest BCUT2D eigenvalue weighted by molar-refractivity contribution is 9.13. The van der Waals surface area contributed by atoms with Crippen LogP contribution in [-0.2, 0) is 9.53 Å². The van der Waals surface area contributed by atoms with Gasteiger partial charge in [0, 0.05) is 4.47 Å². The van der Waals surface area contributed by atoms with Crippen LogP contribution >= 0.6 is 55.4 Å². The summed E-state index contributed by atoms with van der Waals surface area (Å²) < 4.78 is 7.08. The van der Waals surface area contributed by atoms with Gasteiger partial charge in [-0.15, -0.1) is 11.3 Å². The van der Waals surface area contributed by atoms with E-state index in [2.05, 4.69) is 37.2 Å². The Hall–Kier alpha value is 0.0200. The second kappa shape index (κ2) is 7.87. The molecule has 1 heterocycles. The first kappa shape index (κ1) is 18.1. The summed E-state index contributed by atoms with van der Waals surface area (Å²) in [4.78, 5) is 13.5. The van der Waals surface area contributed by atoms with E-state index in [4.69, 9.17) is 17.0 Å². The van der Waals surface area contributed by atoms with Gasteiger partial charge in [-0.05, 0) is 57.2 Å². The molecule has 3 nitrogen and oxygen atoms in total. The molecule has 0 unspecified atom stereocenters. The van der Waals surface area contributed by atoms with E-state index in [1.807, 2.05) is 20.8 Å². The van der Waals surface area contributed by atoms with E-state index >= 15 is 0 Å². The summed E-state index contributed by atoms with van der Waals surface area (Å²) >= 11 is 14.0. The molecule has 0 amide bonds. The van der Waals surface area contributed by atoms with E-state index in [0.717, 1.165) is 18.7 Å². The monoisotopic (exact) mass is 441 g/mol. The van der Waals surface area contributed by atoms with Crippen molar-refractivity contribution < 1.29 is 9.53 Å². The highest BCUT2D eigenvalue weighted by atomic mass is 79.9. The first-order chi connectivity index (χ1) is 9.29. The molecule has 0 aliphatic carbocycles. The Morgan fingerprint density at radius 1 is 1.45 bits per heavy atom. The van der Waals surface area contributed by atoms with Crippen LogP contribution in [0.25, 0.3) is 0 Å². The predicted octanol–water partition coefficient (Wildman–Crippen LogP) is 4.43. The van der Waals surface area contributed by atoms with Gasteiger partial charge in [0.1, 0.15) is 11.0 Å². The second-order valence-electron chi connectivity index (χ2n) is 4.59. The number of carbonyl (C=O) groups is 1. The molecule has 0 aromatic carbocycles. The van der Waals surface area contributed by atoms with Gasteiger partial charge >= 0.3 is 5.97 Å². The summed E-state index contributed by atoms with van der Waals surface area (Å²) in [6, 6.07) is -0.429. The molecule has 0 saturated carbocycles. The number of rotatable bonds is 5. The van der Waals surface area contributed by atoms with Gasteiger partial charge in [0.25, 0.3) is 0 Å². The molecule has 0 saturated heterocycles. The second-order valence-corrected chi connectivity index (χ2v) is 8.13. The average Bonchev–Trinajstić information content (AvgIpc) is 2.63. The largest absolute Gasteiger partial charge is 0.464 e. The minimum absolute atomic E-state index is 0.0964. The molecule has 1 aromatic heterocycles. The fraction of sp³-hybridized carbons (Fsp3) is 0.538. The molecule has 0 aliphatic rings. The lowest BCUT2D eigenvalue weighted by Gasteiger charge is -2.21. The first-order valence-electron chi connectivity index (χ1n) is 6.21. The van der Waals surface area contributed by atoms with Crippen LogP contribution in [0.1, 0.15) is 31.2 Å². The summed E-state index contributed by atoms with van der Waals surface area (Å²) in [6.45, 7) is 8.08. The molecular formula is C13H17Br2NO2S2. The maximum atomic E-state index is 11.9. The summed E-state index contributed by atoms with van der Waals surface area (Å²) in [5.74, 6) is -0.170. The summed E-state index contributed by atoms with van der Waals surface area (Å²) in [5, 5.41) is 3.12. The van der Waals surface area contributed by atoms with Crippen LogP contribution < -0.4 is 5.32 Å². The number of halogens is 2. The molecule has 7 heteroatoms. The van der Waals surface area contributed by atoms with Crippen molar-refractivity contribution in [3.63, 3.8) is 0 Å². The zero-order valence-corrected chi connectivity index (χ0v) is 16.6. The number of hydrogen-bond donors (Lipinski definition) is 1. The quantitative estimate of drug-likeness (QED) is 0.540. The van der Waals surface area contributed by atoms with E-state index in [9.17, 15) is 4.79 Å². The Morgan fingerprint density at radius 3 is 2.45 bits per heavy atom. The van der Waals surface area contributed by atoms with Gasteiger partial charge in [0.15, 0.2) is 0 Å². The van der Waals surface area contributed by atoms with Crippen molar-refractivity contribution >= 4 is 66.4 Å². The third-order valence-electron chi connectivity index (χ3n) is 2.73. The molecule has 0 fully saturated rings. The number of thiocarbonyl (C=S) groups is 1. The lowest BCUT2D eigenvalue weighted by molar-refractivity contribution is -0.146. The number of carbonyl (C=O) groups excluding carboxylic acids is 1. The Bertz CT molecular complexity index is 515. The minimum atomic E-state index is -0.429.